The van der Waals surface area contributed by atoms with Gasteiger partial charge in [0.05, 0.1) is 19.3 Å². The van der Waals surface area contributed by atoms with Crippen LogP contribution in [0.5, 0.6) is 28.7 Å². The molecule has 0 radical (unpaired) electrons. The van der Waals surface area contributed by atoms with E-state index in [1.165, 1.54) is 19.3 Å². The molecule has 1 unspecified atom stereocenters. The lowest BCUT2D eigenvalue weighted by atomic mass is 10.1. The van der Waals surface area contributed by atoms with Crippen molar-refractivity contribution in [2.45, 2.75) is 20.3 Å². The number of hydrogen-bond acceptors (Lipinski definition) is 8. The summed E-state index contributed by atoms with van der Waals surface area (Å²) in [6, 6.07) is 6.57. The lowest BCUT2D eigenvalue weighted by molar-refractivity contribution is -0.138. The number of rotatable bonds is 8. The first-order valence-electron chi connectivity index (χ1n) is 9.25. The van der Waals surface area contributed by atoms with Crippen molar-refractivity contribution in [2.75, 3.05) is 13.7 Å². The number of carbonyl (C=O) groups is 2. The zero-order valence-corrected chi connectivity index (χ0v) is 16.9. The molecule has 0 bridgehead atoms. The van der Waals surface area contributed by atoms with Crippen LogP contribution in [0.3, 0.4) is 0 Å². The molecule has 1 atom stereocenters. The smallest absolute Gasteiger partial charge is 0.343 e. The van der Waals surface area contributed by atoms with E-state index in [9.17, 15) is 24.9 Å². The molecule has 0 saturated carbocycles. The average molecular weight is 416 g/mol. The Morgan fingerprint density at radius 3 is 2.33 bits per heavy atom. The largest absolute Gasteiger partial charge is 0.504 e. The molecule has 30 heavy (non-hydrogen) atoms. The topological polar surface area (TPSA) is 123 Å². The highest BCUT2D eigenvalue weighted by atomic mass is 16.6. The maximum absolute atomic E-state index is 12.3. The Kier molecular flexibility index (Phi) is 7.69. The number of benzene rings is 2. The van der Waals surface area contributed by atoms with Crippen molar-refractivity contribution in [1.29, 1.82) is 0 Å². The summed E-state index contributed by atoms with van der Waals surface area (Å²) in [6.45, 7) is 4.35. The summed E-state index contributed by atoms with van der Waals surface area (Å²) in [5.74, 6) is -2.79. The number of methoxy groups -OCH3 is 1. The quantitative estimate of drug-likeness (QED) is 0.258. The van der Waals surface area contributed by atoms with E-state index >= 15 is 0 Å². The molecule has 0 aliphatic carbocycles. The second-order valence-corrected chi connectivity index (χ2v) is 6.64. The fourth-order valence-corrected chi connectivity index (χ4v) is 2.31. The molecule has 8 heteroatoms. The monoisotopic (exact) mass is 416 g/mol. The number of phenolic OH excluding ortho intramolecular Hbond substituents is 3. The van der Waals surface area contributed by atoms with E-state index in [0.29, 0.717) is 12.2 Å². The van der Waals surface area contributed by atoms with Crippen LogP contribution in [-0.2, 0) is 9.53 Å². The molecule has 0 spiro atoms. The van der Waals surface area contributed by atoms with Gasteiger partial charge in [0.1, 0.15) is 0 Å². The summed E-state index contributed by atoms with van der Waals surface area (Å²) in [4.78, 5) is 24.1. The summed E-state index contributed by atoms with van der Waals surface area (Å²) >= 11 is 0. The zero-order valence-electron chi connectivity index (χ0n) is 16.9. The first kappa shape index (κ1) is 22.6. The van der Waals surface area contributed by atoms with Gasteiger partial charge < -0.3 is 29.5 Å². The second kappa shape index (κ2) is 10.2. The van der Waals surface area contributed by atoms with Crippen LogP contribution in [-0.4, -0.2) is 41.0 Å². The van der Waals surface area contributed by atoms with Crippen molar-refractivity contribution in [3.8, 4) is 28.7 Å². The molecule has 0 heterocycles. The van der Waals surface area contributed by atoms with Gasteiger partial charge in [-0.05, 0) is 41.8 Å². The van der Waals surface area contributed by atoms with Crippen molar-refractivity contribution < 1.29 is 39.1 Å². The molecule has 2 aromatic carbocycles. The van der Waals surface area contributed by atoms with Crippen LogP contribution in [0.15, 0.2) is 36.4 Å². The molecule has 0 fully saturated rings. The molecule has 3 N–H and O–H groups in total. The SMILES string of the molecule is CCC(C)COC(=O)/C=C/c1ccc(OC(=O)c2cc(O)c(O)c(O)c2)c(OC)c1. The zero-order chi connectivity index (χ0) is 22.3. The van der Waals surface area contributed by atoms with Gasteiger partial charge in [0.2, 0.25) is 0 Å². The van der Waals surface area contributed by atoms with Crippen LogP contribution in [0.2, 0.25) is 0 Å². The van der Waals surface area contributed by atoms with E-state index in [2.05, 4.69) is 0 Å². The highest BCUT2D eigenvalue weighted by molar-refractivity contribution is 5.93. The van der Waals surface area contributed by atoms with Crippen molar-refractivity contribution >= 4 is 18.0 Å². The van der Waals surface area contributed by atoms with E-state index in [1.807, 2.05) is 13.8 Å². The Hall–Kier alpha value is -3.68. The third-order valence-electron chi connectivity index (χ3n) is 4.31. The molecule has 8 nitrogen and oxygen atoms in total. The summed E-state index contributed by atoms with van der Waals surface area (Å²) in [5.41, 5.74) is 0.449. The molecular formula is C22H24O8. The predicted octanol–water partition coefficient (Wildman–Crippen LogP) is 3.63. The Morgan fingerprint density at radius 1 is 1.07 bits per heavy atom. The Bertz CT molecular complexity index is 925. The van der Waals surface area contributed by atoms with Gasteiger partial charge in [-0.25, -0.2) is 9.59 Å². The lowest BCUT2D eigenvalue weighted by Gasteiger charge is -2.11. The molecular weight excluding hydrogens is 392 g/mol. The van der Waals surface area contributed by atoms with Crippen molar-refractivity contribution in [2.24, 2.45) is 5.92 Å². The number of aromatic hydroxyl groups is 3. The summed E-state index contributed by atoms with van der Waals surface area (Å²) in [7, 11) is 1.39. The fraction of sp³-hybridized carbons (Fsp3) is 0.273. The minimum Gasteiger partial charge on any atom is -0.504 e. The molecule has 2 aromatic rings. The van der Waals surface area contributed by atoms with Crippen LogP contribution in [0.1, 0.15) is 36.2 Å². The van der Waals surface area contributed by atoms with Gasteiger partial charge in [0.15, 0.2) is 28.7 Å². The van der Waals surface area contributed by atoms with Crippen molar-refractivity contribution in [3.05, 3.63) is 47.5 Å². The first-order valence-corrected chi connectivity index (χ1v) is 9.25. The maximum Gasteiger partial charge on any atom is 0.343 e. The van der Waals surface area contributed by atoms with E-state index in [1.54, 1.807) is 18.2 Å². The van der Waals surface area contributed by atoms with E-state index in [4.69, 9.17) is 14.2 Å². The van der Waals surface area contributed by atoms with E-state index < -0.39 is 29.2 Å². The lowest BCUT2D eigenvalue weighted by Crippen LogP contribution is -2.09. The van der Waals surface area contributed by atoms with Crippen LogP contribution in [0.4, 0.5) is 0 Å². The number of ether oxygens (including phenoxy) is 3. The van der Waals surface area contributed by atoms with Gasteiger partial charge in [0, 0.05) is 6.08 Å². The van der Waals surface area contributed by atoms with E-state index in [0.717, 1.165) is 18.6 Å². The first-order chi connectivity index (χ1) is 14.2. The van der Waals surface area contributed by atoms with Gasteiger partial charge >= 0.3 is 11.9 Å². The van der Waals surface area contributed by atoms with Crippen LogP contribution in [0, 0.1) is 5.92 Å². The fourth-order valence-electron chi connectivity index (χ4n) is 2.31. The van der Waals surface area contributed by atoms with Crippen LogP contribution < -0.4 is 9.47 Å². The van der Waals surface area contributed by atoms with Gasteiger partial charge in [0.25, 0.3) is 0 Å². The molecule has 0 aliphatic heterocycles. The molecule has 0 amide bonds. The molecule has 160 valence electrons. The normalized spacial score (nSPS) is 11.8. The Morgan fingerprint density at radius 2 is 1.73 bits per heavy atom. The number of esters is 2. The number of carbonyl (C=O) groups excluding carboxylic acids is 2. The number of phenols is 3. The van der Waals surface area contributed by atoms with Gasteiger partial charge in [-0.3, -0.25) is 0 Å². The van der Waals surface area contributed by atoms with Gasteiger partial charge in [-0.2, -0.15) is 0 Å². The minimum atomic E-state index is -0.879. The summed E-state index contributed by atoms with van der Waals surface area (Å²) in [6.07, 6.45) is 3.76. The standard InChI is InChI=1S/C22H24O8/c1-4-13(2)12-29-20(25)8-6-14-5-7-18(19(9-14)28-3)30-22(27)15-10-16(23)21(26)17(24)11-15/h5-11,13,23-24,26H,4,12H2,1-3H3/b8-6+. The highest BCUT2D eigenvalue weighted by Crippen LogP contribution is 2.36. The molecule has 0 aromatic heterocycles. The third kappa shape index (κ3) is 5.91. The predicted molar refractivity (Wildman–Crippen MR) is 109 cm³/mol. The molecule has 0 aliphatic rings. The summed E-state index contributed by atoms with van der Waals surface area (Å²) < 4.78 is 15.6. The van der Waals surface area contributed by atoms with E-state index in [-0.39, 0.29) is 23.0 Å². The second-order valence-electron chi connectivity index (χ2n) is 6.64. The van der Waals surface area contributed by atoms with Gasteiger partial charge in [-0.15, -0.1) is 0 Å². The van der Waals surface area contributed by atoms with Crippen molar-refractivity contribution in [1.82, 2.24) is 0 Å². The minimum absolute atomic E-state index is 0.0889. The van der Waals surface area contributed by atoms with Crippen LogP contribution >= 0.6 is 0 Å². The summed E-state index contributed by atoms with van der Waals surface area (Å²) in [5, 5.41) is 28.4. The number of hydrogen-bond donors (Lipinski definition) is 3. The average Bonchev–Trinajstić information content (AvgIpc) is 2.74. The molecule has 0 saturated heterocycles. The van der Waals surface area contributed by atoms with Crippen molar-refractivity contribution in [3.63, 3.8) is 0 Å². The maximum atomic E-state index is 12.3. The Labute approximate surface area is 173 Å². The molecule has 2 rings (SSSR count). The third-order valence-corrected chi connectivity index (χ3v) is 4.31. The van der Waals surface area contributed by atoms with Gasteiger partial charge in [-0.1, -0.05) is 26.3 Å². The highest BCUT2D eigenvalue weighted by Gasteiger charge is 2.17. The van der Waals surface area contributed by atoms with Crippen LogP contribution in [0.25, 0.3) is 6.08 Å². The Balaban J connectivity index is 2.11.